The van der Waals surface area contributed by atoms with Gasteiger partial charge in [0.15, 0.2) is 0 Å². The van der Waals surface area contributed by atoms with Gasteiger partial charge in [-0.1, -0.05) is 49.4 Å². The van der Waals surface area contributed by atoms with Gasteiger partial charge in [-0.05, 0) is 46.2 Å². The van der Waals surface area contributed by atoms with Gasteiger partial charge in [-0.2, -0.15) is 0 Å². The molecule has 0 spiro atoms. The molecule has 1 nitrogen and oxygen atoms in total. The maximum Gasteiger partial charge on any atom is 0.0433 e. The van der Waals surface area contributed by atoms with E-state index >= 15 is 0 Å². The predicted octanol–water partition coefficient (Wildman–Crippen LogP) is 4.71. The van der Waals surface area contributed by atoms with Crippen LogP contribution in [-0.2, 0) is 12.8 Å². The van der Waals surface area contributed by atoms with Crippen molar-refractivity contribution in [2.45, 2.75) is 25.8 Å². The largest absolute Gasteiger partial charge is 0.323 e. The van der Waals surface area contributed by atoms with Gasteiger partial charge in [0.25, 0.3) is 0 Å². The molecule has 0 radical (unpaired) electrons. The number of fused-ring (bicyclic) bond motifs is 1. The van der Waals surface area contributed by atoms with Crippen molar-refractivity contribution in [1.82, 2.24) is 0 Å². The van der Waals surface area contributed by atoms with Crippen LogP contribution in [0.1, 0.15) is 29.0 Å². The Morgan fingerprint density at radius 3 is 2.65 bits per heavy atom. The fourth-order valence-electron chi connectivity index (χ4n) is 2.68. The SMILES string of the molecule is CCc1ccsc1C(N)Cc1ccc2ccccc2c1. The highest BCUT2D eigenvalue weighted by Crippen LogP contribution is 2.27. The van der Waals surface area contributed by atoms with Gasteiger partial charge >= 0.3 is 0 Å². The first kappa shape index (κ1) is 13.3. The molecule has 20 heavy (non-hydrogen) atoms. The van der Waals surface area contributed by atoms with E-state index in [2.05, 4.69) is 60.8 Å². The summed E-state index contributed by atoms with van der Waals surface area (Å²) >= 11 is 1.78. The lowest BCUT2D eigenvalue weighted by molar-refractivity contribution is 0.728. The number of hydrogen-bond donors (Lipinski definition) is 1. The second-order valence-electron chi connectivity index (χ2n) is 5.16. The van der Waals surface area contributed by atoms with Crippen LogP contribution in [0.2, 0.25) is 0 Å². The van der Waals surface area contributed by atoms with E-state index in [4.69, 9.17) is 5.73 Å². The molecule has 0 saturated carbocycles. The number of benzene rings is 2. The molecule has 0 aliphatic carbocycles. The van der Waals surface area contributed by atoms with Crippen molar-refractivity contribution in [3.05, 3.63) is 69.9 Å². The average Bonchev–Trinajstić information content (AvgIpc) is 2.95. The summed E-state index contributed by atoms with van der Waals surface area (Å²) in [5.41, 5.74) is 9.11. The van der Waals surface area contributed by atoms with Gasteiger partial charge in [0.05, 0.1) is 0 Å². The van der Waals surface area contributed by atoms with E-state index in [0.717, 1.165) is 12.8 Å². The van der Waals surface area contributed by atoms with Gasteiger partial charge in [-0.15, -0.1) is 11.3 Å². The number of hydrogen-bond acceptors (Lipinski definition) is 2. The fourth-order valence-corrected chi connectivity index (χ4v) is 3.68. The Kier molecular flexibility index (Phi) is 3.86. The topological polar surface area (TPSA) is 26.0 Å². The molecule has 0 aliphatic rings. The molecule has 0 fully saturated rings. The highest BCUT2D eigenvalue weighted by molar-refractivity contribution is 7.10. The van der Waals surface area contributed by atoms with Gasteiger partial charge in [0, 0.05) is 10.9 Å². The molecule has 1 unspecified atom stereocenters. The van der Waals surface area contributed by atoms with Crippen molar-refractivity contribution < 1.29 is 0 Å². The predicted molar refractivity (Wildman–Crippen MR) is 88.3 cm³/mol. The molecule has 1 aromatic heterocycles. The Hall–Kier alpha value is -1.64. The molecule has 2 aromatic carbocycles. The van der Waals surface area contributed by atoms with Crippen LogP contribution >= 0.6 is 11.3 Å². The van der Waals surface area contributed by atoms with Crippen molar-refractivity contribution in [2.75, 3.05) is 0 Å². The fraction of sp³-hybridized carbons (Fsp3) is 0.222. The number of nitrogens with two attached hydrogens (primary N) is 1. The first-order chi connectivity index (χ1) is 9.78. The van der Waals surface area contributed by atoms with E-state index in [1.54, 1.807) is 11.3 Å². The van der Waals surface area contributed by atoms with E-state index in [1.807, 2.05) is 0 Å². The second-order valence-corrected chi connectivity index (χ2v) is 6.10. The summed E-state index contributed by atoms with van der Waals surface area (Å²) in [6.07, 6.45) is 1.96. The maximum absolute atomic E-state index is 6.40. The molecule has 0 bridgehead atoms. The smallest absolute Gasteiger partial charge is 0.0433 e. The minimum absolute atomic E-state index is 0.103. The monoisotopic (exact) mass is 281 g/mol. The Morgan fingerprint density at radius 1 is 1.05 bits per heavy atom. The Morgan fingerprint density at radius 2 is 1.85 bits per heavy atom. The molecule has 1 heterocycles. The lowest BCUT2D eigenvalue weighted by atomic mass is 9.99. The van der Waals surface area contributed by atoms with Crippen molar-refractivity contribution in [2.24, 2.45) is 5.73 Å². The number of thiophene rings is 1. The molecule has 0 amide bonds. The van der Waals surface area contributed by atoms with Crippen LogP contribution in [0.5, 0.6) is 0 Å². The van der Waals surface area contributed by atoms with Crippen molar-refractivity contribution in [3.8, 4) is 0 Å². The quantitative estimate of drug-likeness (QED) is 0.736. The third-order valence-corrected chi connectivity index (χ3v) is 4.86. The Labute approximate surface area is 124 Å². The molecule has 102 valence electrons. The summed E-state index contributed by atoms with van der Waals surface area (Å²) in [6, 6.07) is 17.4. The van der Waals surface area contributed by atoms with Gasteiger partial charge in [-0.3, -0.25) is 0 Å². The zero-order valence-electron chi connectivity index (χ0n) is 11.7. The zero-order chi connectivity index (χ0) is 13.9. The third-order valence-electron chi connectivity index (χ3n) is 3.77. The van der Waals surface area contributed by atoms with Crippen molar-refractivity contribution in [1.29, 1.82) is 0 Å². The lowest BCUT2D eigenvalue weighted by Gasteiger charge is -2.12. The van der Waals surface area contributed by atoms with Gasteiger partial charge < -0.3 is 5.73 Å². The third kappa shape index (κ3) is 2.62. The van der Waals surface area contributed by atoms with Crippen LogP contribution < -0.4 is 5.73 Å². The molecule has 0 saturated heterocycles. The number of aryl methyl sites for hydroxylation is 1. The normalized spacial score (nSPS) is 12.7. The molecule has 2 N–H and O–H groups in total. The van der Waals surface area contributed by atoms with Gasteiger partial charge in [0.1, 0.15) is 0 Å². The summed E-state index contributed by atoms with van der Waals surface area (Å²) in [5.74, 6) is 0. The van der Waals surface area contributed by atoms with E-state index in [9.17, 15) is 0 Å². The van der Waals surface area contributed by atoms with Crippen LogP contribution in [0, 0.1) is 0 Å². The van der Waals surface area contributed by atoms with Crippen LogP contribution in [0.15, 0.2) is 53.9 Å². The van der Waals surface area contributed by atoms with Crippen LogP contribution in [0.3, 0.4) is 0 Å². The summed E-state index contributed by atoms with van der Waals surface area (Å²) in [6.45, 7) is 2.19. The molecule has 2 heteroatoms. The van der Waals surface area contributed by atoms with Gasteiger partial charge in [-0.25, -0.2) is 0 Å². The Balaban J connectivity index is 1.85. The average molecular weight is 281 g/mol. The van der Waals surface area contributed by atoms with E-state index < -0.39 is 0 Å². The summed E-state index contributed by atoms with van der Waals surface area (Å²) in [5, 5.41) is 4.73. The molecule has 3 aromatic rings. The summed E-state index contributed by atoms with van der Waals surface area (Å²) in [7, 11) is 0. The van der Waals surface area contributed by atoms with E-state index in [-0.39, 0.29) is 6.04 Å². The van der Waals surface area contributed by atoms with Gasteiger partial charge in [0.2, 0.25) is 0 Å². The molecular formula is C18H19NS. The van der Waals surface area contributed by atoms with Crippen molar-refractivity contribution >= 4 is 22.1 Å². The van der Waals surface area contributed by atoms with E-state index in [1.165, 1.54) is 26.8 Å². The minimum atomic E-state index is 0.103. The Bertz CT molecular complexity index is 714. The van der Waals surface area contributed by atoms with Crippen LogP contribution in [0.4, 0.5) is 0 Å². The highest BCUT2D eigenvalue weighted by Gasteiger charge is 2.12. The van der Waals surface area contributed by atoms with Crippen molar-refractivity contribution in [3.63, 3.8) is 0 Å². The van der Waals surface area contributed by atoms with Crippen LogP contribution in [-0.4, -0.2) is 0 Å². The first-order valence-corrected chi connectivity index (χ1v) is 7.95. The zero-order valence-corrected chi connectivity index (χ0v) is 12.5. The standard InChI is InChI=1S/C18H19NS/c1-2-14-9-10-20-18(14)17(19)12-13-7-8-15-5-3-4-6-16(15)11-13/h3-11,17H,2,12,19H2,1H3. The lowest BCUT2D eigenvalue weighted by Crippen LogP contribution is -2.13. The highest BCUT2D eigenvalue weighted by atomic mass is 32.1. The molecule has 1 atom stereocenters. The van der Waals surface area contributed by atoms with Crippen LogP contribution in [0.25, 0.3) is 10.8 Å². The summed E-state index contributed by atoms with van der Waals surface area (Å²) in [4.78, 5) is 1.33. The minimum Gasteiger partial charge on any atom is -0.323 e. The maximum atomic E-state index is 6.40. The van der Waals surface area contributed by atoms with E-state index in [0.29, 0.717) is 0 Å². The molecule has 3 rings (SSSR count). The molecule has 0 aliphatic heterocycles. The summed E-state index contributed by atoms with van der Waals surface area (Å²) < 4.78 is 0. The number of rotatable bonds is 4. The molecular weight excluding hydrogens is 262 g/mol. The second kappa shape index (κ2) is 5.78. The first-order valence-electron chi connectivity index (χ1n) is 7.07.